The average Bonchev–Trinajstić information content (AvgIpc) is 2.83. The molecule has 1 aliphatic rings. The molecular formula is C15H17Cl2N2O6P. The molecule has 2 rings (SSSR count). The molecule has 0 atom stereocenters. The third-order valence-electron chi connectivity index (χ3n) is 3.79. The van der Waals surface area contributed by atoms with Crippen molar-refractivity contribution in [1.82, 2.24) is 9.80 Å². The van der Waals surface area contributed by atoms with E-state index >= 15 is 0 Å². The van der Waals surface area contributed by atoms with E-state index in [9.17, 15) is 19.3 Å². The number of benzene rings is 1. The molecule has 0 unspecified atom stereocenters. The second-order valence-corrected chi connectivity index (χ2v) is 8.44. The largest absolute Gasteiger partial charge is 0.503 e. The molecule has 142 valence electrons. The molecule has 0 spiro atoms. The summed E-state index contributed by atoms with van der Waals surface area (Å²) in [4.78, 5) is 44.6. The zero-order valence-electron chi connectivity index (χ0n) is 13.7. The van der Waals surface area contributed by atoms with Gasteiger partial charge in [-0.3, -0.25) is 14.2 Å². The summed E-state index contributed by atoms with van der Waals surface area (Å²) < 4.78 is 10.9. The zero-order chi connectivity index (χ0) is 19.6. The SMILES string of the molecule is CN(Cc1ccc(Cl)c(Cl)c1)C(=O)C1=C(O)C(=O)N(CCP(=O)(O)O)C1. The molecule has 8 nitrogen and oxygen atoms in total. The highest BCUT2D eigenvalue weighted by atomic mass is 35.5. The molecule has 26 heavy (non-hydrogen) atoms. The van der Waals surface area contributed by atoms with E-state index in [4.69, 9.17) is 33.0 Å². The Kier molecular flexibility index (Phi) is 6.37. The molecule has 0 fully saturated rings. The molecule has 1 aromatic carbocycles. The molecule has 0 radical (unpaired) electrons. The Morgan fingerprint density at radius 3 is 2.54 bits per heavy atom. The van der Waals surface area contributed by atoms with E-state index in [0.29, 0.717) is 15.6 Å². The lowest BCUT2D eigenvalue weighted by atomic mass is 10.2. The Morgan fingerprint density at radius 2 is 1.96 bits per heavy atom. The second kappa shape index (κ2) is 7.98. The molecule has 3 N–H and O–H groups in total. The zero-order valence-corrected chi connectivity index (χ0v) is 16.1. The van der Waals surface area contributed by atoms with Crippen LogP contribution in [-0.2, 0) is 20.7 Å². The monoisotopic (exact) mass is 422 g/mol. The maximum Gasteiger partial charge on any atom is 0.327 e. The Labute approximate surface area is 159 Å². The minimum Gasteiger partial charge on any atom is -0.503 e. The van der Waals surface area contributed by atoms with Crippen LogP contribution >= 0.6 is 30.8 Å². The van der Waals surface area contributed by atoms with E-state index in [1.165, 1.54) is 11.9 Å². The fourth-order valence-electron chi connectivity index (χ4n) is 2.43. The van der Waals surface area contributed by atoms with Crippen molar-refractivity contribution in [2.45, 2.75) is 6.54 Å². The highest BCUT2D eigenvalue weighted by molar-refractivity contribution is 7.51. The van der Waals surface area contributed by atoms with Crippen molar-refractivity contribution in [3.63, 3.8) is 0 Å². The first-order chi connectivity index (χ1) is 12.0. The predicted molar refractivity (Wildman–Crippen MR) is 96.1 cm³/mol. The van der Waals surface area contributed by atoms with Gasteiger partial charge >= 0.3 is 7.60 Å². The smallest absolute Gasteiger partial charge is 0.327 e. The van der Waals surface area contributed by atoms with Crippen molar-refractivity contribution in [3.05, 3.63) is 45.1 Å². The van der Waals surface area contributed by atoms with Crippen LogP contribution in [0.2, 0.25) is 10.0 Å². The molecule has 0 aliphatic carbocycles. The third kappa shape index (κ3) is 4.99. The summed E-state index contributed by atoms with van der Waals surface area (Å²) in [5, 5.41) is 10.7. The normalized spacial score (nSPS) is 15.0. The van der Waals surface area contributed by atoms with Crippen LogP contribution in [-0.4, -0.2) is 62.8 Å². The van der Waals surface area contributed by atoms with E-state index in [2.05, 4.69) is 0 Å². The third-order valence-corrected chi connectivity index (χ3v) is 5.32. The molecule has 11 heteroatoms. The van der Waals surface area contributed by atoms with Gasteiger partial charge < -0.3 is 24.7 Å². The molecule has 1 aliphatic heterocycles. The molecule has 0 saturated carbocycles. The lowest BCUT2D eigenvalue weighted by Crippen LogP contribution is -2.32. The molecule has 0 bridgehead atoms. The van der Waals surface area contributed by atoms with Gasteiger partial charge in [-0.05, 0) is 17.7 Å². The lowest BCUT2D eigenvalue weighted by molar-refractivity contribution is -0.127. The summed E-state index contributed by atoms with van der Waals surface area (Å²) in [5.74, 6) is -2.10. The topological polar surface area (TPSA) is 118 Å². The van der Waals surface area contributed by atoms with Gasteiger partial charge in [-0.15, -0.1) is 0 Å². The van der Waals surface area contributed by atoms with Crippen molar-refractivity contribution in [2.75, 3.05) is 26.3 Å². The number of aliphatic hydroxyl groups is 1. The summed E-state index contributed by atoms with van der Waals surface area (Å²) >= 11 is 11.8. The van der Waals surface area contributed by atoms with E-state index in [1.54, 1.807) is 18.2 Å². The van der Waals surface area contributed by atoms with Gasteiger partial charge in [0.15, 0.2) is 5.76 Å². The number of aliphatic hydroxyl groups excluding tert-OH is 1. The fourth-order valence-corrected chi connectivity index (χ4v) is 3.25. The van der Waals surface area contributed by atoms with Gasteiger partial charge in [-0.1, -0.05) is 29.3 Å². The van der Waals surface area contributed by atoms with E-state index < -0.39 is 31.3 Å². The minimum atomic E-state index is -4.29. The molecule has 0 aromatic heterocycles. The Hall–Kier alpha value is -1.57. The van der Waals surface area contributed by atoms with Crippen LogP contribution in [0.1, 0.15) is 5.56 Å². The molecule has 1 heterocycles. The summed E-state index contributed by atoms with van der Waals surface area (Å²) in [6.45, 7) is -0.307. The van der Waals surface area contributed by atoms with Gasteiger partial charge in [0.1, 0.15) is 0 Å². The number of amides is 2. The standard InChI is InChI=1S/C15H17Cl2N2O6P/c1-18(7-9-2-3-11(16)12(17)6-9)14(21)10-8-19(15(22)13(10)20)4-5-26(23,24)25/h2-3,6,20H,4-5,7-8H2,1H3,(H2,23,24,25). The number of nitrogens with zero attached hydrogens (tertiary/aromatic N) is 2. The van der Waals surface area contributed by atoms with Crippen LogP contribution in [0.3, 0.4) is 0 Å². The first-order valence-corrected chi connectivity index (χ1v) is 10.0. The Morgan fingerprint density at radius 1 is 1.31 bits per heavy atom. The summed E-state index contributed by atoms with van der Waals surface area (Å²) in [5.41, 5.74) is 0.585. The number of rotatable bonds is 6. The van der Waals surface area contributed by atoms with Gasteiger partial charge in [-0.2, -0.15) is 0 Å². The van der Waals surface area contributed by atoms with Gasteiger partial charge in [-0.25, -0.2) is 0 Å². The number of carbonyl (C=O) groups excluding carboxylic acids is 2. The quantitative estimate of drug-likeness (QED) is 0.601. The van der Waals surface area contributed by atoms with Gasteiger partial charge in [0.2, 0.25) is 0 Å². The maximum atomic E-state index is 12.5. The molecule has 1 aromatic rings. The summed E-state index contributed by atoms with van der Waals surface area (Å²) in [7, 11) is -2.80. The summed E-state index contributed by atoms with van der Waals surface area (Å²) in [6.07, 6.45) is -0.549. The van der Waals surface area contributed by atoms with E-state index in [1.807, 2.05) is 0 Å². The highest BCUT2D eigenvalue weighted by Gasteiger charge is 2.35. The molecule has 0 saturated heterocycles. The number of hydrogen-bond donors (Lipinski definition) is 3. The van der Waals surface area contributed by atoms with E-state index in [-0.39, 0.29) is 25.2 Å². The van der Waals surface area contributed by atoms with Crippen LogP contribution in [0.15, 0.2) is 29.5 Å². The summed E-state index contributed by atoms with van der Waals surface area (Å²) in [6, 6.07) is 4.89. The minimum absolute atomic E-state index is 0.122. The van der Waals surface area contributed by atoms with Crippen molar-refractivity contribution < 1.29 is 29.0 Å². The first kappa shape index (κ1) is 20.7. The van der Waals surface area contributed by atoms with Crippen LogP contribution in [0.25, 0.3) is 0 Å². The first-order valence-electron chi connectivity index (χ1n) is 7.45. The van der Waals surface area contributed by atoms with Crippen LogP contribution in [0.5, 0.6) is 0 Å². The Balaban J connectivity index is 2.06. The maximum absolute atomic E-state index is 12.5. The lowest BCUT2D eigenvalue weighted by Gasteiger charge is -2.19. The average molecular weight is 423 g/mol. The second-order valence-electron chi connectivity index (χ2n) is 5.85. The Bertz CT molecular complexity index is 822. The van der Waals surface area contributed by atoms with Crippen molar-refractivity contribution in [3.8, 4) is 0 Å². The van der Waals surface area contributed by atoms with Gasteiger partial charge in [0.05, 0.1) is 28.3 Å². The fraction of sp³-hybridized carbons (Fsp3) is 0.333. The predicted octanol–water partition coefficient (Wildman–Crippen LogP) is 1.78. The van der Waals surface area contributed by atoms with Gasteiger partial charge in [0.25, 0.3) is 11.8 Å². The number of halogens is 2. The number of carbonyl (C=O) groups is 2. The van der Waals surface area contributed by atoms with Crippen LogP contribution < -0.4 is 0 Å². The molecular weight excluding hydrogens is 406 g/mol. The van der Waals surface area contributed by atoms with Crippen molar-refractivity contribution >= 4 is 42.6 Å². The van der Waals surface area contributed by atoms with Crippen LogP contribution in [0, 0.1) is 0 Å². The van der Waals surface area contributed by atoms with Crippen molar-refractivity contribution in [2.24, 2.45) is 0 Å². The van der Waals surface area contributed by atoms with Gasteiger partial charge in [0, 0.05) is 20.1 Å². The molecule has 2 amide bonds. The van der Waals surface area contributed by atoms with E-state index in [0.717, 1.165) is 4.90 Å². The van der Waals surface area contributed by atoms with Crippen molar-refractivity contribution in [1.29, 1.82) is 0 Å². The van der Waals surface area contributed by atoms with Crippen LogP contribution in [0.4, 0.5) is 0 Å². The number of likely N-dealkylation sites (N-methyl/N-ethyl adjacent to an activating group) is 1. The number of hydrogen-bond acceptors (Lipinski definition) is 4. The highest BCUT2D eigenvalue weighted by Crippen LogP contribution is 2.34.